The number of carboxylic acids is 1. The fourth-order valence-corrected chi connectivity index (χ4v) is 5.73. The molecule has 0 aromatic heterocycles. The number of alkyl halides is 3. The van der Waals surface area contributed by atoms with E-state index < -0.39 is 59.9 Å². The molecule has 2 N–H and O–H groups in total. The van der Waals surface area contributed by atoms with E-state index in [2.05, 4.69) is 0 Å². The summed E-state index contributed by atoms with van der Waals surface area (Å²) in [6, 6.07) is 12.6. The van der Waals surface area contributed by atoms with Gasteiger partial charge in [0.1, 0.15) is 0 Å². The zero-order valence-electron chi connectivity index (χ0n) is 21.4. The molecule has 0 spiro atoms. The summed E-state index contributed by atoms with van der Waals surface area (Å²) in [7, 11) is 0. The van der Waals surface area contributed by atoms with Crippen molar-refractivity contribution in [1.82, 2.24) is 4.90 Å². The van der Waals surface area contributed by atoms with Crippen LogP contribution >= 0.6 is 23.2 Å². The molecule has 1 saturated heterocycles. The second-order valence-electron chi connectivity index (χ2n) is 10.6. The Kier molecular flexibility index (Phi) is 9.11. The van der Waals surface area contributed by atoms with Crippen molar-refractivity contribution in [3.05, 3.63) is 69.7 Å². The first-order chi connectivity index (χ1) is 17.6. The van der Waals surface area contributed by atoms with E-state index in [1.165, 1.54) is 0 Å². The van der Waals surface area contributed by atoms with E-state index in [-0.39, 0.29) is 12.8 Å². The molecule has 1 aliphatic rings. The standard InChI is InChI=1S/C28H32Cl2F3NO4/c1-4-21(12-13-27(3,38)28(31,32)33)34-24(17-8-10-19(29)11-9-17)22(18-6-5-7-20(30)14-18)15-26(2,25(34)37)16-23(35)36/h5-11,14,21-22,24,38H,4,12-13,15-16H2,1-3H3,(H,35,36)/t21?,22?,24?,26-,27?/m1/s1. The van der Waals surface area contributed by atoms with Gasteiger partial charge in [0.15, 0.2) is 5.60 Å². The van der Waals surface area contributed by atoms with Crippen LogP contribution in [0.2, 0.25) is 10.0 Å². The Balaban J connectivity index is 2.18. The first-order valence-electron chi connectivity index (χ1n) is 12.4. The number of likely N-dealkylation sites (tertiary alicyclic amines) is 1. The fourth-order valence-electron chi connectivity index (χ4n) is 5.41. The zero-order chi connectivity index (χ0) is 28.5. The van der Waals surface area contributed by atoms with Gasteiger partial charge in [-0.05, 0) is 68.0 Å². The molecule has 3 rings (SSSR count). The van der Waals surface area contributed by atoms with Crippen molar-refractivity contribution in [3.8, 4) is 0 Å². The van der Waals surface area contributed by atoms with Crippen LogP contribution in [0.25, 0.3) is 0 Å². The molecule has 1 aliphatic heterocycles. The van der Waals surface area contributed by atoms with Crippen LogP contribution in [0, 0.1) is 5.41 Å². The molecular weight excluding hydrogens is 542 g/mol. The van der Waals surface area contributed by atoms with Crippen molar-refractivity contribution in [1.29, 1.82) is 0 Å². The van der Waals surface area contributed by atoms with Gasteiger partial charge in [-0.15, -0.1) is 0 Å². The van der Waals surface area contributed by atoms with Gasteiger partial charge in [-0.25, -0.2) is 0 Å². The van der Waals surface area contributed by atoms with Gasteiger partial charge in [0, 0.05) is 22.0 Å². The maximum atomic E-state index is 14.1. The van der Waals surface area contributed by atoms with Crippen LogP contribution in [0.5, 0.6) is 0 Å². The highest BCUT2D eigenvalue weighted by Gasteiger charge is 2.54. The Morgan fingerprint density at radius 1 is 1.13 bits per heavy atom. The average molecular weight is 574 g/mol. The number of carbonyl (C=O) groups excluding carboxylic acids is 1. The van der Waals surface area contributed by atoms with Crippen molar-refractivity contribution in [2.45, 2.75) is 82.7 Å². The van der Waals surface area contributed by atoms with E-state index in [0.717, 1.165) is 12.5 Å². The molecule has 0 radical (unpaired) electrons. The summed E-state index contributed by atoms with van der Waals surface area (Å²) < 4.78 is 40.4. The van der Waals surface area contributed by atoms with Crippen LogP contribution < -0.4 is 0 Å². The van der Waals surface area contributed by atoms with Gasteiger partial charge in [0.2, 0.25) is 5.91 Å². The molecule has 0 bridgehead atoms. The fraction of sp³-hybridized carbons (Fsp3) is 0.500. The lowest BCUT2D eigenvalue weighted by Crippen LogP contribution is -2.56. The number of amides is 1. The Hall–Kier alpha value is -2.29. The number of carboxylic acid groups (broad SMARTS) is 1. The maximum absolute atomic E-state index is 14.1. The molecule has 1 fully saturated rings. The summed E-state index contributed by atoms with van der Waals surface area (Å²) in [5, 5.41) is 20.7. The topological polar surface area (TPSA) is 77.8 Å². The van der Waals surface area contributed by atoms with Gasteiger partial charge >= 0.3 is 12.1 Å². The van der Waals surface area contributed by atoms with Crippen molar-refractivity contribution >= 4 is 35.1 Å². The first kappa shape index (κ1) is 30.3. The minimum atomic E-state index is -4.84. The van der Waals surface area contributed by atoms with Crippen molar-refractivity contribution in [2.24, 2.45) is 5.41 Å². The van der Waals surface area contributed by atoms with Crippen molar-refractivity contribution < 1.29 is 33.0 Å². The van der Waals surface area contributed by atoms with Crippen LogP contribution in [0.4, 0.5) is 13.2 Å². The number of hydrogen-bond donors (Lipinski definition) is 2. The molecule has 1 heterocycles. The third-order valence-corrected chi connectivity index (χ3v) is 8.06. The third kappa shape index (κ3) is 6.46. The number of hydrogen-bond acceptors (Lipinski definition) is 3. The molecule has 2 aromatic rings. The highest BCUT2D eigenvalue weighted by atomic mass is 35.5. The van der Waals surface area contributed by atoms with Gasteiger partial charge in [-0.3, -0.25) is 9.59 Å². The Bertz CT molecular complexity index is 1160. The van der Waals surface area contributed by atoms with E-state index in [9.17, 15) is 33.0 Å². The Morgan fingerprint density at radius 2 is 1.76 bits per heavy atom. The van der Waals surface area contributed by atoms with Gasteiger partial charge in [0.05, 0.1) is 17.9 Å². The monoisotopic (exact) mass is 573 g/mol. The molecule has 5 nitrogen and oxygen atoms in total. The second kappa shape index (κ2) is 11.4. The number of carbonyl (C=O) groups is 2. The molecule has 0 saturated carbocycles. The van der Waals surface area contributed by atoms with E-state index in [1.54, 1.807) is 61.2 Å². The summed E-state index contributed by atoms with van der Waals surface area (Å²) in [4.78, 5) is 27.5. The second-order valence-corrected chi connectivity index (χ2v) is 11.5. The highest BCUT2D eigenvalue weighted by Crippen LogP contribution is 2.52. The molecule has 0 aliphatic carbocycles. The number of aliphatic carboxylic acids is 1. The summed E-state index contributed by atoms with van der Waals surface area (Å²) >= 11 is 12.4. The molecule has 1 amide bonds. The molecule has 5 atom stereocenters. The molecule has 10 heteroatoms. The normalized spacial score (nSPS) is 24.7. The predicted molar refractivity (Wildman–Crippen MR) is 140 cm³/mol. The minimum absolute atomic E-state index is 0.135. The summed E-state index contributed by atoms with van der Waals surface area (Å²) in [5.41, 5.74) is -2.76. The van der Waals surface area contributed by atoms with Crippen LogP contribution in [0.15, 0.2) is 48.5 Å². The maximum Gasteiger partial charge on any atom is 0.416 e. The molecule has 38 heavy (non-hydrogen) atoms. The molecule has 4 unspecified atom stereocenters. The number of halogens is 5. The van der Waals surface area contributed by atoms with E-state index in [0.29, 0.717) is 22.0 Å². The molecule has 208 valence electrons. The highest BCUT2D eigenvalue weighted by molar-refractivity contribution is 6.30. The SMILES string of the molecule is CCC(CCC(C)(O)C(F)(F)F)N1C(=O)[C@@](C)(CC(=O)O)CC(c2cccc(Cl)c2)C1c1ccc(Cl)cc1. The van der Waals surface area contributed by atoms with Crippen LogP contribution in [0.3, 0.4) is 0 Å². The molecule has 2 aromatic carbocycles. The van der Waals surface area contributed by atoms with Crippen LogP contribution in [0.1, 0.15) is 76.0 Å². The quantitative estimate of drug-likeness (QED) is 0.327. The summed E-state index contributed by atoms with van der Waals surface area (Å²) in [6.07, 6.45) is -5.54. The van der Waals surface area contributed by atoms with Gasteiger partial charge < -0.3 is 15.1 Å². The Labute approximate surface area is 230 Å². The lowest BCUT2D eigenvalue weighted by atomic mass is 9.66. The van der Waals surface area contributed by atoms with Crippen molar-refractivity contribution in [3.63, 3.8) is 0 Å². The number of rotatable bonds is 9. The van der Waals surface area contributed by atoms with E-state index in [4.69, 9.17) is 23.2 Å². The van der Waals surface area contributed by atoms with Crippen LogP contribution in [-0.2, 0) is 9.59 Å². The third-order valence-electron chi connectivity index (χ3n) is 7.57. The van der Waals surface area contributed by atoms with Crippen molar-refractivity contribution in [2.75, 3.05) is 0 Å². The van der Waals surface area contributed by atoms with E-state index >= 15 is 0 Å². The predicted octanol–water partition coefficient (Wildman–Crippen LogP) is 7.40. The number of nitrogens with zero attached hydrogens (tertiary/aromatic N) is 1. The average Bonchev–Trinajstić information content (AvgIpc) is 2.81. The minimum Gasteiger partial charge on any atom is -0.481 e. The van der Waals surface area contributed by atoms with Gasteiger partial charge in [0.25, 0.3) is 0 Å². The number of piperidine rings is 1. The zero-order valence-corrected chi connectivity index (χ0v) is 22.9. The number of benzene rings is 2. The lowest BCUT2D eigenvalue weighted by Gasteiger charge is -2.52. The van der Waals surface area contributed by atoms with Gasteiger partial charge in [-0.1, -0.05) is 61.3 Å². The Morgan fingerprint density at radius 3 is 2.29 bits per heavy atom. The largest absolute Gasteiger partial charge is 0.481 e. The summed E-state index contributed by atoms with van der Waals surface area (Å²) in [6.45, 7) is 4.07. The lowest BCUT2D eigenvalue weighted by molar-refractivity contribution is -0.256. The van der Waals surface area contributed by atoms with E-state index in [1.807, 2.05) is 6.07 Å². The summed E-state index contributed by atoms with van der Waals surface area (Å²) in [5.74, 6) is -2.01. The molecular formula is C28H32Cl2F3NO4. The first-order valence-corrected chi connectivity index (χ1v) is 13.2. The van der Waals surface area contributed by atoms with Crippen LogP contribution in [-0.4, -0.2) is 44.8 Å². The number of aliphatic hydroxyl groups is 1. The smallest absolute Gasteiger partial charge is 0.416 e. The van der Waals surface area contributed by atoms with Gasteiger partial charge in [-0.2, -0.15) is 13.2 Å².